The van der Waals surface area contributed by atoms with E-state index in [9.17, 15) is 18.0 Å². The van der Waals surface area contributed by atoms with Crippen molar-refractivity contribution in [3.8, 4) is 11.4 Å². The second-order valence-corrected chi connectivity index (χ2v) is 8.81. The summed E-state index contributed by atoms with van der Waals surface area (Å²) < 4.78 is 42.6. The monoisotopic (exact) mass is 470 g/mol. The molecule has 176 valence electrons. The maximum Gasteiger partial charge on any atom is 0.417 e. The van der Waals surface area contributed by atoms with E-state index >= 15 is 0 Å². The average Bonchev–Trinajstić information content (AvgIpc) is 3.51. The fourth-order valence-electron chi connectivity index (χ4n) is 4.58. The Morgan fingerprint density at radius 1 is 1.00 bits per heavy atom. The second kappa shape index (κ2) is 7.67. The summed E-state index contributed by atoms with van der Waals surface area (Å²) in [4.78, 5) is 25.8. The zero-order valence-electron chi connectivity index (χ0n) is 18.0. The summed E-state index contributed by atoms with van der Waals surface area (Å²) in [7, 11) is 0. The lowest BCUT2D eigenvalue weighted by Gasteiger charge is -2.17. The molecule has 9 nitrogen and oxygen atoms in total. The number of aromatic nitrogens is 7. The second-order valence-electron chi connectivity index (χ2n) is 8.81. The smallest absolute Gasteiger partial charge is 0.307 e. The third kappa shape index (κ3) is 3.62. The molecule has 12 heteroatoms. The molecule has 4 aromatic rings. The normalized spacial score (nSPS) is 16.4. The number of H-pyrrole nitrogens is 3. The van der Waals surface area contributed by atoms with Crippen molar-refractivity contribution in [1.82, 2.24) is 35.3 Å². The van der Waals surface area contributed by atoms with Gasteiger partial charge in [0.2, 0.25) is 5.95 Å². The summed E-state index contributed by atoms with van der Waals surface area (Å²) in [5, 5.41) is 14.5. The van der Waals surface area contributed by atoms with Crippen molar-refractivity contribution in [2.45, 2.75) is 57.0 Å². The number of aryl methyl sites for hydroxylation is 1. The van der Waals surface area contributed by atoms with Crippen LogP contribution in [0.15, 0.2) is 16.9 Å². The molecule has 0 bridgehead atoms. The topological polar surface area (TPSA) is 128 Å². The number of fused-ring (bicyclic) bond motifs is 2. The minimum Gasteiger partial charge on any atom is -0.307 e. The fraction of sp³-hybridized carbons (Fsp3) is 0.409. The molecule has 6 rings (SSSR count). The van der Waals surface area contributed by atoms with Crippen molar-refractivity contribution < 1.29 is 13.2 Å². The summed E-state index contributed by atoms with van der Waals surface area (Å²) in [5.74, 6) is 1.81. The number of alkyl halides is 3. The molecule has 1 fully saturated rings. The highest BCUT2D eigenvalue weighted by Crippen LogP contribution is 2.41. The van der Waals surface area contributed by atoms with Gasteiger partial charge in [0.25, 0.3) is 5.56 Å². The molecule has 1 aromatic carbocycles. The first-order valence-corrected chi connectivity index (χ1v) is 11.3. The van der Waals surface area contributed by atoms with Gasteiger partial charge in [-0.1, -0.05) is 6.42 Å². The molecule has 2 aliphatic rings. The first kappa shape index (κ1) is 20.9. The Morgan fingerprint density at radius 2 is 1.82 bits per heavy atom. The van der Waals surface area contributed by atoms with Gasteiger partial charge in [0.15, 0.2) is 5.82 Å². The first-order valence-electron chi connectivity index (χ1n) is 11.3. The predicted molar refractivity (Wildman–Crippen MR) is 118 cm³/mol. The van der Waals surface area contributed by atoms with E-state index in [1.807, 2.05) is 0 Å². The average molecular weight is 470 g/mol. The van der Waals surface area contributed by atoms with Crippen LogP contribution in [0.5, 0.6) is 0 Å². The lowest BCUT2D eigenvalue weighted by Crippen LogP contribution is -2.14. The van der Waals surface area contributed by atoms with Gasteiger partial charge in [0.1, 0.15) is 11.6 Å². The Bertz CT molecular complexity index is 1450. The van der Waals surface area contributed by atoms with Gasteiger partial charge in [0.05, 0.1) is 16.5 Å². The van der Waals surface area contributed by atoms with Crippen molar-refractivity contribution >= 4 is 22.7 Å². The number of hydrogen-bond donors (Lipinski definition) is 4. The molecular weight excluding hydrogens is 449 g/mol. The lowest BCUT2D eigenvalue weighted by molar-refractivity contribution is -0.135. The van der Waals surface area contributed by atoms with Gasteiger partial charge in [-0.3, -0.25) is 20.1 Å². The van der Waals surface area contributed by atoms with E-state index in [1.54, 1.807) is 0 Å². The lowest BCUT2D eigenvalue weighted by atomic mass is 10.0. The summed E-state index contributed by atoms with van der Waals surface area (Å²) in [6.45, 7) is 0. The predicted octanol–water partition coefficient (Wildman–Crippen LogP) is 4.34. The van der Waals surface area contributed by atoms with Crippen LogP contribution in [0.1, 0.15) is 60.7 Å². The molecule has 1 saturated carbocycles. The molecule has 0 atom stereocenters. The van der Waals surface area contributed by atoms with Crippen LogP contribution in [0.2, 0.25) is 0 Å². The van der Waals surface area contributed by atoms with Crippen LogP contribution in [-0.2, 0) is 19.0 Å². The quantitative estimate of drug-likeness (QED) is 0.329. The Morgan fingerprint density at radius 3 is 2.62 bits per heavy atom. The van der Waals surface area contributed by atoms with Gasteiger partial charge >= 0.3 is 6.18 Å². The van der Waals surface area contributed by atoms with Gasteiger partial charge in [-0.15, -0.1) is 5.10 Å². The Hall–Kier alpha value is -3.70. The van der Waals surface area contributed by atoms with Crippen LogP contribution in [0.3, 0.4) is 0 Å². The number of aromatic amines is 3. The van der Waals surface area contributed by atoms with Crippen molar-refractivity contribution in [2.75, 3.05) is 5.32 Å². The van der Waals surface area contributed by atoms with Crippen molar-refractivity contribution in [3.05, 3.63) is 45.1 Å². The number of benzene rings is 1. The zero-order chi connectivity index (χ0) is 23.4. The van der Waals surface area contributed by atoms with E-state index in [0.717, 1.165) is 43.5 Å². The number of hydrogen-bond acceptors (Lipinski definition) is 6. The molecule has 4 N–H and O–H groups in total. The van der Waals surface area contributed by atoms with Crippen LogP contribution < -0.4 is 10.9 Å². The molecule has 2 aliphatic carbocycles. The van der Waals surface area contributed by atoms with Gasteiger partial charge in [-0.25, -0.2) is 9.97 Å². The molecule has 0 saturated heterocycles. The standard InChI is InChI=1S/C22H21F3N8O/c23-22(24,25)16-12(8-9-14-15(16)20(34)32-30-14)19-26-13-5-3-1-2-4-11(13)18(27-19)29-21-28-17(31-33-21)10-6-7-10/h8-10H,1-7H2,(H2,30,32,34)(H2,26,27,28,29,31,33). The Kier molecular flexibility index (Phi) is 4.71. The molecule has 3 aromatic heterocycles. The zero-order valence-corrected chi connectivity index (χ0v) is 18.0. The third-order valence-corrected chi connectivity index (χ3v) is 6.40. The molecular formula is C22H21F3N8O. The molecule has 0 amide bonds. The van der Waals surface area contributed by atoms with Gasteiger partial charge < -0.3 is 5.32 Å². The number of nitrogens with zero attached hydrogens (tertiary/aromatic N) is 4. The molecule has 34 heavy (non-hydrogen) atoms. The van der Waals surface area contributed by atoms with Crippen LogP contribution in [0, 0.1) is 0 Å². The van der Waals surface area contributed by atoms with Crippen molar-refractivity contribution in [3.63, 3.8) is 0 Å². The number of nitrogens with one attached hydrogen (secondary N) is 4. The Labute approximate surface area is 190 Å². The fourth-order valence-corrected chi connectivity index (χ4v) is 4.58. The molecule has 3 heterocycles. The van der Waals surface area contributed by atoms with E-state index in [2.05, 4.69) is 40.7 Å². The third-order valence-electron chi connectivity index (χ3n) is 6.40. The van der Waals surface area contributed by atoms with Crippen LogP contribution >= 0.6 is 0 Å². The van der Waals surface area contributed by atoms with E-state index in [1.165, 1.54) is 12.1 Å². The summed E-state index contributed by atoms with van der Waals surface area (Å²) in [6, 6.07) is 2.73. The minimum absolute atomic E-state index is 0.0718. The summed E-state index contributed by atoms with van der Waals surface area (Å²) >= 11 is 0. The van der Waals surface area contributed by atoms with Gasteiger partial charge in [-0.2, -0.15) is 18.2 Å². The van der Waals surface area contributed by atoms with Crippen molar-refractivity contribution in [2.24, 2.45) is 0 Å². The van der Waals surface area contributed by atoms with Crippen molar-refractivity contribution in [1.29, 1.82) is 0 Å². The highest BCUT2D eigenvalue weighted by molar-refractivity contribution is 5.88. The SMILES string of the molecule is O=c1[nH][nH]c2ccc(-c3nc4c(c(Nc5n[nH]c(C6CC6)n5)n3)CCCCC4)c(C(F)(F)F)c12. The molecule has 0 aliphatic heterocycles. The number of anilines is 2. The van der Waals surface area contributed by atoms with E-state index in [-0.39, 0.29) is 16.9 Å². The molecule has 0 spiro atoms. The number of rotatable bonds is 4. The minimum atomic E-state index is -4.78. The summed E-state index contributed by atoms with van der Waals surface area (Å²) in [6.07, 6.45) is 1.50. The number of halogens is 3. The van der Waals surface area contributed by atoms with E-state index in [0.29, 0.717) is 36.2 Å². The molecule has 0 unspecified atom stereocenters. The highest BCUT2D eigenvalue weighted by atomic mass is 19.4. The maximum absolute atomic E-state index is 14.2. The summed E-state index contributed by atoms with van der Waals surface area (Å²) in [5.41, 5.74) is -0.491. The van der Waals surface area contributed by atoms with E-state index in [4.69, 9.17) is 0 Å². The maximum atomic E-state index is 14.2. The van der Waals surface area contributed by atoms with E-state index < -0.39 is 22.7 Å². The molecule has 0 radical (unpaired) electrons. The van der Waals surface area contributed by atoms with Gasteiger partial charge in [0, 0.05) is 22.7 Å². The highest BCUT2D eigenvalue weighted by Gasteiger charge is 2.38. The Balaban J connectivity index is 1.52. The van der Waals surface area contributed by atoms with Crippen LogP contribution in [0.25, 0.3) is 22.3 Å². The largest absolute Gasteiger partial charge is 0.417 e. The van der Waals surface area contributed by atoms with Crippen LogP contribution in [-0.4, -0.2) is 35.3 Å². The van der Waals surface area contributed by atoms with Gasteiger partial charge in [-0.05, 0) is 50.7 Å². The first-order chi connectivity index (χ1) is 16.4. The van der Waals surface area contributed by atoms with Crippen LogP contribution in [0.4, 0.5) is 24.9 Å².